The van der Waals surface area contributed by atoms with E-state index < -0.39 is 0 Å². The van der Waals surface area contributed by atoms with Crippen molar-refractivity contribution in [3.63, 3.8) is 0 Å². The van der Waals surface area contributed by atoms with Crippen LogP contribution in [0.3, 0.4) is 0 Å². The highest BCUT2D eigenvalue weighted by molar-refractivity contribution is 5.23. The number of benzene rings is 1. The van der Waals surface area contributed by atoms with E-state index in [1.165, 1.54) is 43.4 Å². The van der Waals surface area contributed by atoms with Crippen molar-refractivity contribution < 1.29 is 0 Å². The highest BCUT2D eigenvalue weighted by Gasteiger charge is 2.29. The van der Waals surface area contributed by atoms with Gasteiger partial charge in [-0.2, -0.15) is 0 Å². The summed E-state index contributed by atoms with van der Waals surface area (Å²) in [6.45, 7) is 8.14. The van der Waals surface area contributed by atoms with Gasteiger partial charge in [0.1, 0.15) is 0 Å². The van der Waals surface area contributed by atoms with Crippen molar-refractivity contribution in [1.82, 2.24) is 10.2 Å². The first-order chi connectivity index (χ1) is 10.2. The lowest BCUT2D eigenvalue weighted by atomic mass is 10.1. The molecule has 0 spiro atoms. The standard InChI is InChI=1S/C19H30N2/c1-15(2)13-21(19-9-10-19)14-17-5-3-16(4-6-17)11-12-20-18-7-8-18/h3-6,15,18-20H,7-14H2,1-2H3. The van der Waals surface area contributed by atoms with E-state index in [4.69, 9.17) is 0 Å². The highest BCUT2D eigenvalue weighted by Crippen LogP contribution is 2.29. The van der Waals surface area contributed by atoms with Crippen molar-refractivity contribution in [2.75, 3.05) is 13.1 Å². The summed E-state index contributed by atoms with van der Waals surface area (Å²) in [4.78, 5) is 2.67. The average Bonchev–Trinajstić information content (AvgIpc) is 3.33. The summed E-state index contributed by atoms with van der Waals surface area (Å²) in [6, 6.07) is 11.0. The number of hydrogen-bond acceptors (Lipinski definition) is 2. The third-order valence-electron chi connectivity index (χ3n) is 4.50. The molecule has 0 saturated heterocycles. The van der Waals surface area contributed by atoms with Gasteiger partial charge >= 0.3 is 0 Å². The van der Waals surface area contributed by atoms with Crippen LogP contribution in [-0.4, -0.2) is 30.1 Å². The summed E-state index contributed by atoms with van der Waals surface area (Å²) >= 11 is 0. The average molecular weight is 286 g/mol. The SMILES string of the molecule is CC(C)CN(Cc1ccc(CCNC2CC2)cc1)C1CC1. The van der Waals surface area contributed by atoms with Crippen LogP contribution in [0.15, 0.2) is 24.3 Å². The molecule has 0 unspecified atom stereocenters. The molecule has 2 heteroatoms. The first kappa shape index (κ1) is 15.1. The van der Waals surface area contributed by atoms with E-state index in [0.717, 1.165) is 37.5 Å². The largest absolute Gasteiger partial charge is 0.314 e. The van der Waals surface area contributed by atoms with Crippen LogP contribution in [0.2, 0.25) is 0 Å². The fraction of sp³-hybridized carbons (Fsp3) is 0.684. The Labute approximate surface area is 129 Å². The molecule has 0 bridgehead atoms. The molecule has 2 aliphatic rings. The van der Waals surface area contributed by atoms with Gasteiger partial charge in [-0.15, -0.1) is 0 Å². The fourth-order valence-corrected chi connectivity index (χ4v) is 3.01. The van der Waals surface area contributed by atoms with Crippen LogP contribution < -0.4 is 5.32 Å². The second-order valence-corrected chi connectivity index (χ2v) is 7.35. The molecule has 0 amide bonds. The van der Waals surface area contributed by atoms with E-state index in [2.05, 4.69) is 48.3 Å². The maximum Gasteiger partial charge on any atom is 0.0236 e. The van der Waals surface area contributed by atoms with Crippen LogP contribution in [-0.2, 0) is 13.0 Å². The maximum atomic E-state index is 3.59. The zero-order chi connectivity index (χ0) is 14.7. The fourth-order valence-electron chi connectivity index (χ4n) is 3.01. The maximum absolute atomic E-state index is 3.59. The van der Waals surface area contributed by atoms with Crippen LogP contribution in [0, 0.1) is 5.92 Å². The van der Waals surface area contributed by atoms with Gasteiger partial charge in [0.25, 0.3) is 0 Å². The van der Waals surface area contributed by atoms with Crippen molar-refractivity contribution in [2.24, 2.45) is 5.92 Å². The normalized spacial score (nSPS) is 18.7. The van der Waals surface area contributed by atoms with Gasteiger partial charge in [-0.25, -0.2) is 0 Å². The third kappa shape index (κ3) is 5.12. The lowest BCUT2D eigenvalue weighted by Gasteiger charge is -2.24. The molecule has 2 fully saturated rings. The van der Waals surface area contributed by atoms with Crippen LogP contribution >= 0.6 is 0 Å². The van der Waals surface area contributed by atoms with Gasteiger partial charge in [-0.1, -0.05) is 38.1 Å². The summed E-state index contributed by atoms with van der Waals surface area (Å²) in [7, 11) is 0. The molecular formula is C19H30N2. The van der Waals surface area contributed by atoms with Gasteiger partial charge in [0, 0.05) is 25.2 Å². The van der Waals surface area contributed by atoms with E-state index in [0.29, 0.717) is 0 Å². The topological polar surface area (TPSA) is 15.3 Å². The smallest absolute Gasteiger partial charge is 0.0236 e. The molecule has 2 saturated carbocycles. The van der Waals surface area contributed by atoms with Gasteiger partial charge < -0.3 is 5.32 Å². The Morgan fingerprint density at radius 3 is 2.29 bits per heavy atom. The molecule has 2 nitrogen and oxygen atoms in total. The molecule has 0 aromatic heterocycles. The molecule has 1 aromatic carbocycles. The molecule has 1 aromatic rings. The van der Waals surface area contributed by atoms with Gasteiger partial charge in [0.15, 0.2) is 0 Å². The monoisotopic (exact) mass is 286 g/mol. The van der Waals surface area contributed by atoms with Crippen molar-refractivity contribution in [2.45, 2.75) is 64.6 Å². The molecule has 0 atom stereocenters. The number of hydrogen-bond donors (Lipinski definition) is 1. The van der Waals surface area contributed by atoms with E-state index in [9.17, 15) is 0 Å². The summed E-state index contributed by atoms with van der Waals surface area (Å²) in [6.07, 6.45) is 6.72. The summed E-state index contributed by atoms with van der Waals surface area (Å²) in [5.74, 6) is 0.762. The number of nitrogens with one attached hydrogen (secondary N) is 1. The van der Waals surface area contributed by atoms with Crippen molar-refractivity contribution in [3.8, 4) is 0 Å². The Bertz CT molecular complexity index is 429. The molecule has 0 heterocycles. The Morgan fingerprint density at radius 1 is 1.05 bits per heavy atom. The second-order valence-electron chi connectivity index (χ2n) is 7.35. The van der Waals surface area contributed by atoms with Crippen LogP contribution in [0.1, 0.15) is 50.7 Å². The zero-order valence-corrected chi connectivity index (χ0v) is 13.6. The minimum atomic E-state index is 0.762. The molecular weight excluding hydrogens is 256 g/mol. The first-order valence-corrected chi connectivity index (χ1v) is 8.76. The van der Waals surface area contributed by atoms with Gasteiger partial charge in [0.2, 0.25) is 0 Å². The van der Waals surface area contributed by atoms with Gasteiger partial charge in [-0.3, -0.25) is 4.90 Å². The Hall–Kier alpha value is -0.860. The predicted octanol–water partition coefficient (Wildman–Crippen LogP) is 3.60. The molecule has 1 N–H and O–H groups in total. The molecule has 116 valence electrons. The van der Waals surface area contributed by atoms with E-state index in [1.54, 1.807) is 0 Å². The molecule has 0 radical (unpaired) electrons. The summed E-state index contributed by atoms with van der Waals surface area (Å²) in [5.41, 5.74) is 2.94. The number of nitrogens with zero attached hydrogens (tertiary/aromatic N) is 1. The van der Waals surface area contributed by atoms with Crippen LogP contribution in [0.5, 0.6) is 0 Å². The second kappa shape index (κ2) is 6.93. The van der Waals surface area contributed by atoms with Crippen molar-refractivity contribution in [3.05, 3.63) is 35.4 Å². The Balaban J connectivity index is 1.47. The van der Waals surface area contributed by atoms with Gasteiger partial charge in [0.05, 0.1) is 0 Å². The Kier molecular flexibility index (Phi) is 4.97. The van der Waals surface area contributed by atoms with E-state index >= 15 is 0 Å². The molecule has 2 aliphatic carbocycles. The first-order valence-electron chi connectivity index (χ1n) is 8.76. The predicted molar refractivity (Wildman–Crippen MR) is 89.4 cm³/mol. The van der Waals surface area contributed by atoms with Crippen LogP contribution in [0.4, 0.5) is 0 Å². The molecule has 21 heavy (non-hydrogen) atoms. The minimum absolute atomic E-state index is 0.762. The summed E-state index contributed by atoms with van der Waals surface area (Å²) < 4.78 is 0. The minimum Gasteiger partial charge on any atom is -0.314 e. The number of rotatable bonds is 9. The van der Waals surface area contributed by atoms with Crippen molar-refractivity contribution in [1.29, 1.82) is 0 Å². The quantitative estimate of drug-likeness (QED) is 0.746. The van der Waals surface area contributed by atoms with E-state index in [-0.39, 0.29) is 0 Å². The Morgan fingerprint density at radius 2 is 1.71 bits per heavy atom. The zero-order valence-electron chi connectivity index (χ0n) is 13.6. The lowest BCUT2D eigenvalue weighted by molar-refractivity contribution is 0.226. The molecule has 3 rings (SSSR count). The van der Waals surface area contributed by atoms with Gasteiger partial charge in [-0.05, 0) is 55.7 Å². The highest BCUT2D eigenvalue weighted by atomic mass is 15.2. The third-order valence-corrected chi connectivity index (χ3v) is 4.50. The summed E-state index contributed by atoms with van der Waals surface area (Å²) in [5, 5.41) is 3.59. The van der Waals surface area contributed by atoms with E-state index in [1.807, 2.05) is 0 Å². The molecule has 0 aliphatic heterocycles. The van der Waals surface area contributed by atoms with Crippen LogP contribution in [0.25, 0.3) is 0 Å². The van der Waals surface area contributed by atoms with Crippen molar-refractivity contribution >= 4 is 0 Å². The lowest BCUT2D eigenvalue weighted by Crippen LogP contribution is -2.29.